The summed E-state index contributed by atoms with van der Waals surface area (Å²) in [7, 11) is 0. The van der Waals surface area contributed by atoms with Crippen molar-refractivity contribution >= 4 is 17.2 Å². The van der Waals surface area contributed by atoms with Gasteiger partial charge in [0.25, 0.3) is 11.8 Å². The second-order valence-corrected chi connectivity index (χ2v) is 7.39. The molecule has 4 aromatic rings. The number of carbonyl (C=O) groups is 1. The lowest BCUT2D eigenvalue weighted by Gasteiger charge is -2.05. The molecule has 3 heterocycles. The molecule has 0 unspecified atom stereocenters. The van der Waals surface area contributed by atoms with Gasteiger partial charge in [0.2, 0.25) is 0 Å². The molecular weight excluding hydrogens is 386 g/mol. The van der Waals surface area contributed by atoms with E-state index in [-0.39, 0.29) is 5.91 Å². The molecule has 0 fully saturated rings. The first-order chi connectivity index (χ1) is 14.2. The summed E-state index contributed by atoms with van der Waals surface area (Å²) in [5.74, 6) is 0.925. The van der Waals surface area contributed by atoms with Crippen molar-refractivity contribution < 1.29 is 9.32 Å². The predicted molar refractivity (Wildman–Crippen MR) is 110 cm³/mol. The number of nitrogens with zero attached hydrogens (tertiary/aromatic N) is 4. The lowest BCUT2D eigenvalue weighted by molar-refractivity contribution is 0.0953. The Morgan fingerprint density at radius 3 is 2.59 bits per heavy atom. The van der Waals surface area contributed by atoms with Gasteiger partial charge in [0.15, 0.2) is 5.82 Å². The molecule has 0 saturated carbocycles. The minimum absolute atomic E-state index is 0.102. The molecule has 1 N–H and O–H groups in total. The molecule has 0 bridgehead atoms. The number of amides is 1. The largest absolute Gasteiger partial charge is 0.352 e. The van der Waals surface area contributed by atoms with Crippen LogP contribution < -0.4 is 5.32 Å². The molecule has 0 atom stereocenters. The van der Waals surface area contributed by atoms with Crippen LogP contribution in [0.2, 0.25) is 0 Å². The molecule has 0 radical (unpaired) electrons. The van der Waals surface area contributed by atoms with Crippen molar-refractivity contribution in [2.75, 3.05) is 6.54 Å². The number of aryl methyl sites for hydroxylation is 2. The van der Waals surface area contributed by atoms with Crippen molar-refractivity contribution in [3.63, 3.8) is 0 Å². The van der Waals surface area contributed by atoms with E-state index in [0.717, 1.165) is 34.7 Å². The van der Waals surface area contributed by atoms with Crippen LogP contribution in [0.5, 0.6) is 0 Å². The van der Waals surface area contributed by atoms with Crippen molar-refractivity contribution in [2.45, 2.75) is 19.8 Å². The Morgan fingerprint density at radius 2 is 1.86 bits per heavy atom. The first-order valence-electron chi connectivity index (χ1n) is 9.23. The number of rotatable bonds is 7. The highest BCUT2D eigenvalue weighted by atomic mass is 32.1. The lowest BCUT2D eigenvalue weighted by atomic mass is 10.1. The number of benzene rings is 1. The fourth-order valence-corrected chi connectivity index (χ4v) is 3.65. The van der Waals surface area contributed by atoms with Crippen LogP contribution in [0.25, 0.3) is 22.7 Å². The van der Waals surface area contributed by atoms with Gasteiger partial charge in [0, 0.05) is 47.4 Å². The minimum atomic E-state index is -0.102. The fourth-order valence-electron chi connectivity index (χ4n) is 2.80. The van der Waals surface area contributed by atoms with E-state index in [0.29, 0.717) is 23.8 Å². The Bertz CT molecular complexity index is 1090. The SMILES string of the molecule is Cc1noc(-c2ccc(C(=O)NCCCc3nc(-c4ccncc4)cs3)cc2)n1. The molecule has 0 aliphatic rings. The number of carbonyl (C=O) groups excluding carboxylic acids is 1. The second kappa shape index (κ2) is 8.74. The van der Waals surface area contributed by atoms with E-state index in [1.54, 1.807) is 54.9 Å². The van der Waals surface area contributed by atoms with Gasteiger partial charge in [-0.1, -0.05) is 5.16 Å². The standard InChI is InChI=1S/C21H19N5O2S/c1-14-24-21(28-26-14)17-6-4-16(5-7-17)20(27)23-10-2-3-19-25-18(13-29-19)15-8-11-22-12-9-15/h4-9,11-13H,2-3,10H2,1H3,(H,23,27). The van der Waals surface area contributed by atoms with E-state index in [4.69, 9.17) is 4.52 Å². The molecule has 4 rings (SSSR count). The van der Waals surface area contributed by atoms with Crippen molar-refractivity contribution in [3.8, 4) is 22.7 Å². The van der Waals surface area contributed by atoms with Crippen LogP contribution in [-0.4, -0.2) is 32.6 Å². The van der Waals surface area contributed by atoms with E-state index < -0.39 is 0 Å². The van der Waals surface area contributed by atoms with Crippen molar-refractivity contribution in [2.24, 2.45) is 0 Å². The van der Waals surface area contributed by atoms with Crippen molar-refractivity contribution in [3.05, 3.63) is 70.6 Å². The van der Waals surface area contributed by atoms with Crippen LogP contribution in [0.4, 0.5) is 0 Å². The van der Waals surface area contributed by atoms with Crippen LogP contribution in [0, 0.1) is 6.92 Å². The number of hydrogen-bond donors (Lipinski definition) is 1. The molecule has 3 aromatic heterocycles. The van der Waals surface area contributed by atoms with Crippen molar-refractivity contribution in [1.82, 2.24) is 25.4 Å². The molecule has 1 aromatic carbocycles. The summed E-state index contributed by atoms with van der Waals surface area (Å²) in [5, 5.41) is 9.83. The van der Waals surface area contributed by atoms with Gasteiger partial charge >= 0.3 is 0 Å². The highest BCUT2D eigenvalue weighted by molar-refractivity contribution is 7.09. The second-order valence-electron chi connectivity index (χ2n) is 6.45. The third-order valence-electron chi connectivity index (χ3n) is 4.30. The number of aromatic nitrogens is 4. The first-order valence-corrected chi connectivity index (χ1v) is 10.1. The summed E-state index contributed by atoms with van der Waals surface area (Å²) in [5.41, 5.74) is 3.41. The van der Waals surface area contributed by atoms with Gasteiger partial charge in [-0.2, -0.15) is 4.98 Å². The Kier molecular flexibility index (Phi) is 5.71. The maximum Gasteiger partial charge on any atom is 0.257 e. The molecule has 0 aliphatic carbocycles. The van der Waals surface area contributed by atoms with E-state index in [2.05, 4.69) is 30.8 Å². The van der Waals surface area contributed by atoms with Gasteiger partial charge in [0.1, 0.15) is 0 Å². The Hall–Kier alpha value is -3.39. The monoisotopic (exact) mass is 405 g/mol. The Balaban J connectivity index is 1.25. The summed E-state index contributed by atoms with van der Waals surface area (Å²) in [6.45, 7) is 2.36. The maximum atomic E-state index is 12.3. The molecule has 29 heavy (non-hydrogen) atoms. The lowest BCUT2D eigenvalue weighted by Crippen LogP contribution is -2.24. The van der Waals surface area contributed by atoms with Gasteiger partial charge in [-0.3, -0.25) is 9.78 Å². The average Bonchev–Trinajstić information content (AvgIpc) is 3.41. The number of pyridine rings is 1. The van der Waals surface area contributed by atoms with E-state index >= 15 is 0 Å². The number of nitrogens with one attached hydrogen (secondary N) is 1. The number of thiazole rings is 1. The molecule has 0 spiro atoms. The molecule has 7 nitrogen and oxygen atoms in total. The van der Waals surface area contributed by atoms with E-state index in [1.165, 1.54) is 0 Å². The molecular formula is C21H19N5O2S. The van der Waals surface area contributed by atoms with Crippen LogP contribution >= 0.6 is 11.3 Å². The highest BCUT2D eigenvalue weighted by Crippen LogP contribution is 2.22. The molecule has 0 aliphatic heterocycles. The minimum Gasteiger partial charge on any atom is -0.352 e. The Labute approximate surface area is 171 Å². The Morgan fingerprint density at radius 1 is 1.07 bits per heavy atom. The summed E-state index contributed by atoms with van der Waals surface area (Å²) in [6, 6.07) is 11.0. The fraction of sp³-hybridized carbons (Fsp3) is 0.190. The van der Waals surface area contributed by atoms with Crippen LogP contribution in [0.15, 0.2) is 58.7 Å². The molecule has 146 valence electrons. The van der Waals surface area contributed by atoms with Gasteiger partial charge in [-0.15, -0.1) is 11.3 Å². The summed E-state index contributed by atoms with van der Waals surface area (Å²) < 4.78 is 5.13. The zero-order valence-electron chi connectivity index (χ0n) is 15.8. The quantitative estimate of drug-likeness (QED) is 0.468. The topological polar surface area (TPSA) is 93.8 Å². The third-order valence-corrected chi connectivity index (χ3v) is 5.21. The van der Waals surface area contributed by atoms with Gasteiger partial charge in [-0.05, 0) is 49.7 Å². The number of hydrogen-bond acceptors (Lipinski definition) is 7. The maximum absolute atomic E-state index is 12.3. The highest BCUT2D eigenvalue weighted by Gasteiger charge is 2.09. The average molecular weight is 405 g/mol. The predicted octanol–water partition coefficient (Wildman–Crippen LogP) is 3.93. The molecule has 0 saturated heterocycles. The van der Waals surface area contributed by atoms with Crippen LogP contribution in [0.3, 0.4) is 0 Å². The van der Waals surface area contributed by atoms with Crippen LogP contribution in [0.1, 0.15) is 27.6 Å². The van der Waals surface area contributed by atoms with E-state index in [9.17, 15) is 4.79 Å². The summed E-state index contributed by atoms with van der Waals surface area (Å²) in [6.07, 6.45) is 5.18. The molecule has 8 heteroatoms. The zero-order chi connectivity index (χ0) is 20.1. The van der Waals surface area contributed by atoms with Gasteiger partial charge in [-0.25, -0.2) is 4.98 Å². The van der Waals surface area contributed by atoms with Gasteiger partial charge in [0.05, 0.1) is 10.7 Å². The summed E-state index contributed by atoms with van der Waals surface area (Å²) >= 11 is 1.64. The van der Waals surface area contributed by atoms with Gasteiger partial charge < -0.3 is 9.84 Å². The smallest absolute Gasteiger partial charge is 0.257 e. The zero-order valence-corrected chi connectivity index (χ0v) is 16.6. The molecule has 1 amide bonds. The van der Waals surface area contributed by atoms with Crippen molar-refractivity contribution in [1.29, 1.82) is 0 Å². The third kappa shape index (κ3) is 4.72. The van der Waals surface area contributed by atoms with E-state index in [1.807, 2.05) is 12.1 Å². The van der Waals surface area contributed by atoms with Crippen LogP contribution in [-0.2, 0) is 6.42 Å². The normalized spacial score (nSPS) is 10.8. The first kappa shape index (κ1) is 18.9. The summed E-state index contributed by atoms with van der Waals surface area (Å²) in [4.78, 5) is 25.2.